The SMILES string of the molecule is O=c1[nH]cnc(Cn2cc(-c3ccc(C#Cc4ccc(CN5CCOCC5)cc4)cc3)n(CCO)c2=O)c1O. The fourth-order valence-corrected chi connectivity index (χ4v) is 4.48. The van der Waals surface area contributed by atoms with E-state index in [1.54, 1.807) is 6.20 Å². The van der Waals surface area contributed by atoms with Crippen molar-refractivity contribution in [1.82, 2.24) is 24.0 Å². The summed E-state index contributed by atoms with van der Waals surface area (Å²) in [6.45, 7) is 4.16. The molecule has 10 heteroatoms. The largest absolute Gasteiger partial charge is 0.502 e. The summed E-state index contributed by atoms with van der Waals surface area (Å²) >= 11 is 0. The van der Waals surface area contributed by atoms with Crippen LogP contribution in [0.3, 0.4) is 0 Å². The average Bonchev–Trinajstić information content (AvgIpc) is 3.26. The number of aromatic hydroxyl groups is 1. The van der Waals surface area contributed by atoms with Crippen molar-refractivity contribution in [1.29, 1.82) is 0 Å². The third-order valence-corrected chi connectivity index (χ3v) is 6.59. The first-order chi connectivity index (χ1) is 19.0. The lowest BCUT2D eigenvalue weighted by atomic mass is 10.1. The third kappa shape index (κ3) is 6.18. The summed E-state index contributed by atoms with van der Waals surface area (Å²) < 4.78 is 8.21. The second kappa shape index (κ2) is 12.0. The molecule has 2 aromatic heterocycles. The van der Waals surface area contributed by atoms with E-state index in [0.29, 0.717) is 5.69 Å². The number of imidazole rings is 1. The van der Waals surface area contributed by atoms with E-state index in [-0.39, 0.29) is 31.1 Å². The first-order valence-corrected chi connectivity index (χ1v) is 12.7. The summed E-state index contributed by atoms with van der Waals surface area (Å²) in [5.74, 6) is 5.85. The molecule has 0 aliphatic carbocycles. The Bertz CT molecular complexity index is 1600. The van der Waals surface area contributed by atoms with Crippen molar-refractivity contribution < 1.29 is 14.9 Å². The number of hydrogen-bond acceptors (Lipinski definition) is 7. The Morgan fingerprint density at radius 1 is 0.949 bits per heavy atom. The number of ether oxygens (including phenoxy) is 1. The van der Waals surface area contributed by atoms with E-state index in [1.165, 1.54) is 21.0 Å². The Balaban J connectivity index is 1.32. The highest BCUT2D eigenvalue weighted by Gasteiger charge is 2.16. The van der Waals surface area contributed by atoms with Crippen LogP contribution in [0.5, 0.6) is 5.75 Å². The normalized spacial score (nSPS) is 13.7. The molecular formula is C29H29N5O5. The number of H-pyrrole nitrogens is 1. The van der Waals surface area contributed by atoms with Crippen LogP contribution >= 0.6 is 0 Å². The maximum atomic E-state index is 13.0. The van der Waals surface area contributed by atoms with E-state index in [2.05, 4.69) is 38.8 Å². The molecule has 5 rings (SSSR count). The van der Waals surface area contributed by atoms with Gasteiger partial charge in [-0.2, -0.15) is 0 Å². The molecule has 1 aliphatic heterocycles. The molecule has 0 radical (unpaired) electrons. The van der Waals surface area contributed by atoms with Gasteiger partial charge in [-0.25, -0.2) is 9.78 Å². The van der Waals surface area contributed by atoms with Crippen LogP contribution < -0.4 is 11.2 Å². The van der Waals surface area contributed by atoms with Crippen LogP contribution in [0.1, 0.15) is 22.4 Å². The number of nitrogens with one attached hydrogen (secondary N) is 1. The zero-order chi connectivity index (χ0) is 27.2. The monoisotopic (exact) mass is 527 g/mol. The van der Waals surface area contributed by atoms with Gasteiger partial charge >= 0.3 is 5.69 Å². The van der Waals surface area contributed by atoms with E-state index in [0.717, 1.165) is 49.5 Å². The molecule has 2 aromatic carbocycles. The number of aliphatic hydroxyl groups excluding tert-OH is 1. The number of aromatic amines is 1. The molecule has 1 aliphatic rings. The number of morpholine rings is 1. The van der Waals surface area contributed by atoms with Gasteiger partial charge in [0.25, 0.3) is 5.56 Å². The van der Waals surface area contributed by atoms with Crippen molar-refractivity contribution in [2.24, 2.45) is 0 Å². The number of benzene rings is 2. The lowest BCUT2D eigenvalue weighted by Gasteiger charge is -2.26. The van der Waals surface area contributed by atoms with Gasteiger partial charge in [0.1, 0.15) is 5.69 Å². The molecule has 0 atom stereocenters. The molecule has 3 N–H and O–H groups in total. The summed E-state index contributed by atoms with van der Waals surface area (Å²) in [6.07, 6.45) is 2.80. The van der Waals surface area contributed by atoms with Crippen molar-refractivity contribution in [3.63, 3.8) is 0 Å². The molecule has 3 heterocycles. The topological polar surface area (TPSA) is 126 Å². The first kappa shape index (κ1) is 26.2. The highest BCUT2D eigenvalue weighted by molar-refractivity contribution is 5.61. The van der Waals surface area contributed by atoms with Crippen LogP contribution in [0, 0.1) is 11.8 Å². The summed E-state index contributed by atoms with van der Waals surface area (Å²) in [7, 11) is 0. The highest BCUT2D eigenvalue weighted by atomic mass is 16.5. The van der Waals surface area contributed by atoms with E-state index < -0.39 is 11.3 Å². The van der Waals surface area contributed by atoms with Gasteiger partial charge in [-0.15, -0.1) is 0 Å². The molecule has 0 bridgehead atoms. The molecule has 1 saturated heterocycles. The van der Waals surface area contributed by atoms with Crippen molar-refractivity contribution in [3.8, 4) is 28.8 Å². The van der Waals surface area contributed by atoms with E-state index >= 15 is 0 Å². The van der Waals surface area contributed by atoms with Gasteiger partial charge in [0.2, 0.25) is 5.75 Å². The predicted molar refractivity (Wildman–Crippen MR) is 145 cm³/mol. The van der Waals surface area contributed by atoms with Gasteiger partial charge in [0, 0.05) is 37.0 Å². The minimum Gasteiger partial charge on any atom is -0.502 e. The minimum absolute atomic E-state index is 0.0771. The van der Waals surface area contributed by atoms with Crippen LogP contribution in [-0.4, -0.2) is 67.1 Å². The second-order valence-corrected chi connectivity index (χ2v) is 9.24. The van der Waals surface area contributed by atoms with Gasteiger partial charge in [0.15, 0.2) is 0 Å². The fourth-order valence-electron chi connectivity index (χ4n) is 4.48. The first-order valence-electron chi connectivity index (χ1n) is 12.7. The Morgan fingerprint density at radius 2 is 1.62 bits per heavy atom. The Hall–Kier alpha value is -4.43. The Morgan fingerprint density at radius 3 is 2.28 bits per heavy atom. The van der Waals surface area contributed by atoms with Crippen molar-refractivity contribution in [2.45, 2.75) is 19.6 Å². The molecule has 10 nitrogen and oxygen atoms in total. The van der Waals surface area contributed by atoms with Crippen LogP contribution in [0.25, 0.3) is 11.3 Å². The lowest BCUT2D eigenvalue weighted by Crippen LogP contribution is -2.35. The van der Waals surface area contributed by atoms with Gasteiger partial charge in [-0.1, -0.05) is 36.1 Å². The van der Waals surface area contributed by atoms with Gasteiger partial charge in [0.05, 0.1) is 44.9 Å². The molecule has 200 valence electrons. The van der Waals surface area contributed by atoms with E-state index in [1.807, 2.05) is 36.4 Å². The van der Waals surface area contributed by atoms with E-state index in [4.69, 9.17) is 4.74 Å². The number of hydrogen-bond donors (Lipinski definition) is 3. The standard InChI is InChI=1S/C29H29N5O5/c35-14-11-34-26(19-33(29(34)38)18-25-27(36)28(37)31-20-30-25)24-9-7-22(8-10-24)2-1-21-3-5-23(6-4-21)17-32-12-15-39-16-13-32/h3-10,19-20,35-36H,11-18H2,(H,30,31,37). The number of aliphatic hydroxyl groups is 1. The minimum atomic E-state index is -0.677. The van der Waals surface area contributed by atoms with Gasteiger partial charge in [-0.05, 0) is 35.4 Å². The quantitative estimate of drug-likeness (QED) is 0.310. The van der Waals surface area contributed by atoms with Crippen molar-refractivity contribution >= 4 is 0 Å². The number of rotatable bonds is 7. The Labute approximate surface area is 224 Å². The molecule has 39 heavy (non-hydrogen) atoms. The van der Waals surface area contributed by atoms with Crippen LogP contribution in [-0.2, 0) is 24.4 Å². The van der Waals surface area contributed by atoms with Crippen LogP contribution in [0.4, 0.5) is 0 Å². The summed E-state index contributed by atoms with van der Waals surface area (Å²) in [4.78, 5) is 33.3. The molecule has 0 amide bonds. The second-order valence-electron chi connectivity index (χ2n) is 9.24. The van der Waals surface area contributed by atoms with Gasteiger partial charge in [-0.3, -0.25) is 18.8 Å². The summed E-state index contributed by atoms with van der Waals surface area (Å²) in [5.41, 5.74) is 3.37. The maximum absolute atomic E-state index is 13.0. The zero-order valence-electron chi connectivity index (χ0n) is 21.3. The number of nitrogens with zero attached hydrogens (tertiary/aromatic N) is 4. The lowest BCUT2D eigenvalue weighted by molar-refractivity contribution is 0.0342. The molecular weight excluding hydrogens is 498 g/mol. The average molecular weight is 528 g/mol. The van der Waals surface area contributed by atoms with Gasteiger partial charge < -0.3 is 19.9 Å². The highest BCUT2D eigenvalue weighted by Crippen LogP contribution is 2.20. The molecule has 4 aromatic rings. The fraction of sp³-hybridized carbons (Fsp3) is 0.276. The third-order valence-electron chi connectivity index (χ3n) is 6.59. The smallest absolute Gasteiger partial charge is 0.329 e. The van der Waals surface area contributed by atoms with Crippen LogP contribution in [0.15, 0.2) is 70.6 Å². The molecule has 0 spiro atoms. The zero-order valence-corrected chi connectivity index (χ0v) is 21.3. The van der Waals surface area contributed by atoms with Crippen molar-refractivity contribution in [2.75, 3.05) is 32.9 Å². The summed E-state index contributed by atoms with van der Waals surface area (Å²) in [5, 5.41) is 19.5. The molecule has 0 saturated carbocycles. The summed E-state index contributed by atoms with van der Waals surface area (Å²) in [6, 6.07) is 15.8. The van der Waals surface area contributed by atoms with E-state index in [9.17, 15) is 19.8 Å². The maximum Gasteiger partial charge on any atom is 0.329 e. The molecule has 1 fully saturated rings. The molecule has 0 unspecified atom stereocenters. The van der Waals surface area contributed by atoms with Crippen molar-refractivity contribution in [3.05, 3.63) is 104 Å². The number of aromatic nitrogens is 4. The van der Waals surface area contributed by atoms with Crippen LogP contribution in [0.2, 0.25) is 0 Å². The predicted octanol–water partition coefficient (Wildman–Crippen LogP) is 1.38. The Kier molecular flexibility index (Phi) is 8.03.